The molecule has 0 radical (unpaired) electrons. The zero-order valence-electron chi connectivity index (χ0n) is 17.8. The van der Waals surface area contributed by atoms with Crippen LogP contribution in [0.5, 0.6) is 5.75 Å². The zero-order valence-corrected chi connectivity index (χ0v) is 18.6. The summed E-state index contributed by atoms with van der Waals surface area (Å²) in [6, 6.07) is 20.5. The third-order valence-electron chi connectivity index (χ3n) is 4.77. The molecule has 3 aromatic carbocycles. The number of anilines is 1. The summed E-state index contributed by atoms with van der Waals surface area (Å²) in [5, 5.41) is 2.90. The Bertz CT molecular complexity index is 1140. The summed E-state index contributed by atoms with van der Waals surface area (Å²) in [6.45, 7) is 5.88. The lowest BCUT2D eigenvalue weighted by atomic mass is 10.1. The smallest absolute Gasteiger partial charge is 0.261 e. The summed E-state index contributed by atoms with van der Waals surface area (Å²) in [7, 11) is -3.75. The monoisotopic (exact) mass is 438 g/mol. The third-order valence-corrected chi connectivity index (χ3v) is 6.16. The van der Waals surface area contributed by atoms with E-state index >= 15 is 0 Å². The molecule has 0 aromatic heterocycles. The van der Waals surface area contributed by atoms with Crippen molar-refractivity contribution < 1.29 is 17.9 Å². The van der Waals surface area contributed by atoms with Crippen molar-refractivity contribution in [3.63, 3.8) is 0 Å². The Labute approximate surface area is 183 Å². The van der Waals surface area contributed by atoms with Crippen LogP contribution in [0.4, 0.5) is 5.69 Å². The van der Waals surface area contributed by atoms with Gasteiger partial charge in [0.1, 0.15) is 12.4 Å². The van der Waals surface area contributed by atoms with Crippen molar-refractivity contribution in [2.45, 2.75) is 31.7 Å². The van der Waals surface area contributed by atoms with E-state index in [0.29, 0.717) is 23.4 Å². The highest BCUT2D eigenvalue weighted by Gasteiger charge is 2.18. The van der Waals surface area contributed by atoms with E-state index in [1.165, 1.54) is 12.1 Å². The molecule has 0 spiro atoms. The fourth-order valence-electron chi connectivity index (χ4n) is 2.99. The SMILES string of the molecule is Cc1ccc(OC[C@@H](C)NC(=O)c2cccc(NS(=O)(=O)c3ccccc3)c2C)cc1. The molecule has 0 heterocycles. The van der Waals surface area contributed by atoms with Crippen LogP contribution in [-0.2, 0) is 10.0 Å². The largest absolute Gasteiger partial charge is 0.491 e. The van der Waals surface area contributed by atoms with E-state index in [-0.39, 0.29) is 16.8 Å². The molecule has 0 unspecified atom stereocenters. The number of sulfonamides is 1. The lowest BCUT2D eigenvalue weighted by Gasteiger charge is -2.17. The molecule has 0 saturated heterocycles. The quantitative estimate of drug-likeness (QED) is 0.549. The first kappa shape index (κ1) is 22.4. The van der Waals surface area contributed by atoms with E-state index in [4.69, 9.17) is 4.74 Å². The number of amides is 1. The van der Waals surface area contributed by atoms with Crippen molar-refractivity contribution in [2.24, 2.45) is 0 Å². The number of carbonyl (C=O) groups excluding carboxylic acids is 1. The van der Waals surface area contributed by atoms with Gasteiger partial charge in [-0.05, 0) is 62.7 Å². The summed E-state index contributed by atoms with van der Waals surface area (Å²) in [5.74, 6) is 0.443. The summed E-state index contributed by atoms with van der Waals surface area (Å²) >= 11 is 0. The Hall–Kier alpha value is -3.32. The van der Waals surface area contributed by atoms with Gasteiger partial charge >= 0.3 is 0 Å². The molecule has 7 heteroatoms. The van der Waals surface area contributed by atoms with Crippen LogP contribution in [0, 0.1) is 13.8 Å². The van der Waals surface area contributed by atoms with Crippen LogP contribution in [0.3, 0.4) is 0 Å². The van der Waals surface area contributed by atoms with Crippen LogP contribution < -0.4 is 14.8 Å². The normalized spacial score (nSPS) is 12.1. The number of aryl methyl sites for hydroxylation is 1. The Kier molecular flexibility index (Phi) is 6.97. The molecule has 3 rings (SSSR count). The number of carbonyl (C=O) groups is 1. The molecule has 0 saturated carbocycles. The highest BCUT2D eigenvalue weighted by atomic mass is 32.2. The van der Waals surface area contributed by atoms with Gasteiger partial charge in [0.2, 0.25) is 0 Å². The lowest BCUT2D eigenvalue weighted by molar-refractivity contribution is 0.0926. The predicted molar refractivity (Wildman–Crippen MR) is 122 cm³/mol. The Morgan fingerprint density at radius 1 is 0.935 bits per heavy atom. The molecular weight excluding hydrogens is 412 g/mol. The Morgan fingerprint density at radius 3 is 2.29 bits per heavy atom. The summed E-state index contributed by atoms with van der Waals surface area (Å²) < 4.78 is 33.5. The summed E-state index contributed by atoms with van der Waals surface area (Å²) in [5.41, 5.74) is 2.45. The van der Waals surface area contributed by atoms with Crippen LogP contribution in [0.1, 0.15) is 28.4 Å². The maximum absolute atomic E-state index is 12.8. The van der Waals surface area contributed by atoms with Gasteiger partial charge in [0.25, 0.3) is 15.9 Å². The van der Waals surface area contributed by atoms with E-state index in [9.17, 15) is 13.2 Å². The van der Waals surface area contributed by atoms with Crippen LogP contribution in [0.15, 0.2) is 77.7 Å². The van der Waals surface area contributed by atoms with Crippen molar-refractivity contribution >= 4 is 21.6 Å². The minimum absolute atomic E-state index is 0.158. The minimum atomic E-state index is -3.75. The average Bonchev–Trinajstić information content (AvgIpc) is 2.75. The van der Waals surface area contributed by atoms with Crippen LogP contribution in [0.2, 0.25) is 0 Å². The van der Waals surface area contributed by atoms with E-state index in [1.807, 2.05) is 38.1 Å². The predicted octanol–water partition coefficient (Wildman–Crippen LogP) is 4.30. The molecule has 0 fully saturated rings. The molecule has 0 aliphatic rings. The molecule has 0 aliphatic heterocycles. The standard InChI is InChI=1S/C24H26N2O4S/c1-17-12-14-20(15-13-17)30-16-18(2)25-24(27)22-10-7-11-23(19(22)3)26-31(28,29)21-8-5-4-6-9-21/h4-15,18,26H,16H2,1-3H3,(H,25,27)/t18-/m1/s1. The second-order valence-corrected chi connectivity index (χ2v) is 9.08. The summed E-state index contributed by atoms with van der Waals surface area (Å²) in [6.07, 6.45) is 0. The highest BCUT2D eigenvalue weighted by molar-refractivity contribution is 7.92. The molecule has 6 nitrogen and oxygen atoms in total. The fraction of sp³-hybridized carbons (Fsp3) is 0.208. The maximum Gasteiger partial charge on any atom is 0.261 e. The van der Waals surface area contributed by atoms with Gasteiger partial charge in [-0.2, -0.15) is 0 Å². The second-order valence-electron chi connectivity index (χ2n) is 7.40. The first-order chi connectivity index (χ1) is 14.8. The minimum Gasteiger partial charge on any atom is -0.491 e. The van der Waals surface area contributed by atoms with Gasteiger partial charge in [-0.15, -0.1) is 0 Å². The maximum atomic E-state index is 12.8. The number of ether oxygens (including phenoxy) is 1. The molecule has 1 atom stereocenters. The molecule has 162 valence electrons. The highest BCUT2D eigenvalue weighted by Crippen LogP contribution is 2.22. The molecule has 3 aromatic rings. The second kappa shape index (κ2) is 9.66. The molecule has 2 N–H and O–H groups in total. The van der Waals surface area contributed by atoms with Crippen molar-refractivity contribution in [1.29, 1.82) is 0 Å². The zero-order chi connectivity index (χ0) is 22.4. The van der Waals surface area contributed by atoms with Gasteiger partial charge in [-0.1, -0.05) is 42.0 Å². The fourth-order valence-corrected chi connectivity index (χ4v) is 4.14. The van der Waals surface area contributed by atoms with Crippen molar-refractivity contribution in [3.8, 4) is 5.75 Å². The van der Waals surface area contributed by atoms with E-state index < -0.39 is 10.0 Å². The van der Waals surface area contributed by atoms with Crippen molar-refractivity contribution in [3.05, 3.63) is 89.5 Å². The van der Waals surface area contributed by atoms with Crippen LogP contribution in [0.25, 0.3) is 0 Å². The Morgan fingerprint density at radius 2 is 1.61 bits per heavy atom. The lowest BCUT2D eigenvalue weighted by Crippen LogP contribution is -2.37. The van der Waals surface area contributed by atoms with E-state index in [0.717, 1.165) is 11.3 Å². The molecule has 1 amide bonds. The topological polar surface area (TPSA) is 84.5 Å². The third kappa shape index (κ3) is 5.86. The molecule has 31 heavy (non-hydrogen) atoms. The average molecular weight is 439 g/mol. The van der Waals surface area contributed by atoms with Crippen molar-refractivity contribution in [2.75, 3.05) is 11.3 Å². The van der Waals surface area contributed by atoms with Gasteiger partial charge in [-0.3, -0.25) is 9.52 Å². The first-order valence-corrected chi connectivity index (χ1v) is 11.4. The van der Waals surface area contributed by atoms with Crippen LogP contribution >= 0.6 is 0 Å². The van der Waals surface area contributed by atoms with Gasteiger partial charge < -0.3 is 10.1 Å². The number of hydrogen-bond donors (Lipinski definition) is 2. The molecular formula is C24H26N2O4S. The number of benzene rings is 3. The summed E-state index contributed by atoms with van der Waals surface area (Å²) in [4.78, 5) is 12.9. The van der Waals surface area contributed by atoms with Crippen LogP contribution in [-0.4, -0.2) is 27.0 Å². The van der Waals surface area contributed by atoms with Gasteiger partial charge in [-0.25, -0.2) is 8.42 Å². The number of hydrogen-bond acceptors (Lipinski definition) is 4. The number of rotatable bonds is 8. The first-order valence-electron chi connectivity index (χ1n) is 9.94. The van der Waals surface area contributed by atoms with E-state index in [2.05, 4.69) is 10.0 Å². The molecule has 0 bridgehead atoms. The van der Waals surface area contributed by atoms with E-state index in [1.54, 1.807) is 43.3 Å². The van der Waals surface area contributed by atoms with Gasteiger partial charge in [0.05, 0.1) is 16.6 Å². The molecule has 0 aliphatic carbocycles. The van der Waals surface area contributed by atoms with Gasteiger partial charge in [0, 0.05) is 5.56 Å². The Balaban J connectivity index is 1.67. The van der Waals surface area contributed by atoms with Crippen molar-refractivity contribution in [1.82, 2.24) is 5.32 Å². The number of nitrogens with one attached hydrogen (secondary N) is 2. The van der Waals surface area contributed by atoms with Gasteiger partial charge in [0.15, 0.2) is 0 Å².